The number of amides is 2. The molecule has 0 bridgehead atoms. The van der Waals surface area contributed by atoms with Gasteiger partial charge in [-0.3, -0.25) is 4.98 Å². The van der Waals surface area contributed by atoms with Crippen molar-refractivity contribution in [2.45, 2.75) is 0 Å². The first-order valence-corrected chi connectivity index (χ1v) is 9.66. The number of hydrogen-bond donors (Lipinski definition) is 2. The van der Waals surface area contributed by atoms with Crippen molar-refractivity contribution >= 4 is 33.9 Å². The molecule has 1 fully saturated rings. The standard InChI is InChI=1S/C22H25N5O2/c1-26-10-12-27(13-11-26)20-14-17(6-7-21(20)29-2)24-22(28)25-19-5-3-4-16-15-23-9-8-18(16)19/h3-9,14-15H,10-13H2,1-2H3,(H2,24,25,28). The number of rotatable bonds is 4. The van der Waals surface area contributed by atoms with Gasteiger partial charge in [-0.05, 0) is 37.4 Å². The number of piperazine rings is 1. The fourth-order valence-corrected chi connectivity index (χ4v) is 3.58. The minimum atomic E-state index is -0.288. The Morgan fingerprint density at radius 2 is 1.90 bits per heavy atom. The van der Waals surface area contributed by atoms with Crippen molar-refractivity contribution in [2.24, 2.45) is 0 Å². The lowest BCUT2D eigenvalue weighted by Crippen LogP contribution is -2.44. The van der Waals surface area contributed by atoms with Gasteiger partial charge in [0.1, 0.15) is 5.75 Å². The van der Waals surface area contributed by atoms with Crippen molar-refractivity contribution in [1.29, 1.82) is 0 Å². The van der Waals surface area contributed by atoms with E-state index in [-0.39, 0.29) is 6.03 Å². The molecule has 0 spiro atoms. The van der Waals surface area contributed by atoms with E-state index in [1.165, 1.54) is 0 Å². The summed E-state index contributed by atoms with van der Waals surface area (Å²) >= 11 is 0. The zero-order valence-corrected chi connectivity index (χ0v) is 16.7. The molecule has 1 aliphatic heterocycles. The number of carbonyl (C=O) groups is 1. The molecule has 2 amide bonds. The van der Waals surface area contributed by atoms with Gasteiger partial charge in [0.15, 0.2) is 0 Å². The van der Waals surface area contributed by atoms with Crippen molar-refractivity contribution in [3.8, 4) is 5.75 Å². The van der Waals surface area contributed by atoms with E-state index in [2.05, 4.69) is 32.5 Å². The quantitative estimate of drug-likeness (QED) is 0.711. The number of benzene rings is 2. The molecule has 29 heavy (non-hydrogen) atoms. The molecule has 0 radical (unpaired) electrons. The molecule has 4 rings (SSSR count). The molecule has 3 aromatic rings. The average Bonchev–Trinajstić information content (AvgIpc) is 2.74. The van der Waals surface area contributed by atoms with E-state index in [9.17, 15) is 4.79 Å². The minimum Gasteiger partial charge on any atom is -0.495 e. The number of nitrogens with zero attached hydrogens (tertiary/aromatic N) is 3. The van der Waals surface area contributed by atoms with Crippen molar-refractivity contribution in [3.63, 3.8) is 0 Å². The number of ether oxygens (including phenoxy) is 1. The average molecular weight is 391 g/mol. The summed E-state index contributed by atoms with van der Waals surface area (Å²) in [5.41, 5.74) is 2.46. The number of nitrogens with one attached hydrogen (secondary N) is 2. The second-order valence-electron chi connectivity index (χ2n) is 7.16. The third-order valence-corrected chi connectivity index (χ3v) is 5.21. The van der Waals surface area contributed by atoms with Crippen molar-refractivity contribution in [2.75, 3.05) is 55.9 Å². The third kappa shape index (κ3) is 4.25. The summed E-state index contributed by atoms with van der Waals surface area (Å²) in [7, 11) is 3.80. The topological polar surface area (TPSA) is 69.7 Å². The number of anilines is 3. The predicted octanol–water partition coefficient (Wildman–Crippen LogP) is 3.64. The molecule has 7 nitrogen and oxygen atoms in total. The molecule has 2 N–H and O–H groups in total. The maximum absolute atomic E-state index is 12.6. The van der Waals surface area contributed by atoms with E-state index < -0.39 is 0 Å². The summed E-state index contributed by atoms with van der Waals surface area (Å²) in [6.45, 7) is 3.84. The summed E-state index contributed by atoms with van der Waals surface area (Å²) in [6, 6.07) is 13.1. The second kappa shape index (κ2) is 8.36. The lowest BCUT2D eigenvalue weighted by Gasteiger charge is -2.34. The minimum absolute atomic E-state index is 0.288. The van der Waals surface area contributed by atoms with Gasteiger partial charge >= 0.3 is 6.03 Å². The largest absolute Gasteiger partial charge is 0.495 e. The van der Waals surface area contributed by atoms with Crippen LogP contribution >= 0.6 is 0 Å². The maximum atomic E-state index is 12.6. The number of pyridine rings is 1. The highest BCUT2D eigenvalue weighted by molar-refractivity contribution is 6.06. The molecule has 1 aromatic heterocycles. The SMILES string of the molecule is COc1ccc(NC(=O)Nc2cccc3cnccc23)cc1N1CCN(C)CC1. The monoisotopic (exact) mass is 391 g/mol. The van der Waals surface area contributed by atoms with E-state index in [0.29, 0.717) is 0 Å². The first kappa shape index (κ1) is 19.0. The molecule has 0 saturated carbocycles. The van der Waals surface area contributed by atoms with E-state index >= 15 is 0 Å². The van der Waals surface area contributed by atoms with Crippen LogP contribution in [0.15, 0.2) is 54.9 Å². The highest BCUT2D eigenvalue weighted by Gasteiger charge is 2.18. The van der Waals surface area contributed by atoms with Gasteiger partial charge in [-0.1, -0.05) is 12.1 Å². The fraction of sp³-hybridized carbons (Fsp3) is 0.273. The molecule has 7 heteroatoms. The van der Waals surface area contributed by atoms with Gasteiger partial charge in [-0.25, -0.2) is 4.79 Å². The molecule has 1 saturated heterocycles. The number of carbonyl (C=O) groups excluding carboxylic acids is 1. The van der Waals surface area contributed by atoms with E-state index in [0.717, 1.165) is 59.8 Å². The van der Waals surface area contributed by atoms with Crippen molar-refractivity contribution in [3.05, 3.63) is 54.9 Å². The highest BCUT2D eigenvalue weighted by atomic mass is 16.5. The number of likely N-dealkylation sites (N-methyl/N-ethyl adjacent to an activating group) is 1. The first-order chi connectivity index (χ1) is 14.1. The first-order valence-electron chi connectivity index (χ1n) is 9.66. The van der Waals surface area contributed by atoms with Gasteiger partial charge in [0, 0.05) is 55.0 Å². The van der Waals surface area contributed by atoms with Crippen molar-refractivity contribution in [1.82, 2.24) is 9.88 Å². The lowest BCUT2D eigenvalue weighted by molar-refractivity contribution is 0.262. The van der Waals surface area contributed by atoms with Crippen LogP contribution in [0.4, 0.5) is 21.9 Å². The van der Waals surface area contributed by atoms with Gasteiger partial charge in [-0.2, -0.15) is 0 Å². The summed E-state index contributed by atoms with van der Waals surface area (Å²) in [4.78, 5) is 21.3. The lowest BCUT2D eigenvalue weighted by atomic mass is 10.1. The zero-order chi connectivity index (χ0) is 20.2. The molecular weight excluding hydrogens is 366 g/mol. The van der Waals surface area contributed by atoms with Crippen LogP contribution in [0.25, 0.3) is 10.8 Å². The molecule has 2 aromatic carbocycles. The number of hydrogen-bond acceptors (Lipinski definition) is 5. The molecule has 0 aliphatic carbocycles. The second-order valence-corrected chi connectivity index (χ2v) is 7.16. The van der Waals surface area contributed by atoms with Crippen LogP contribution in [0.1, 0.15) is 0 Å². The Morgan fingerprint density at radius 3 is 2.69 bits per heavy atom. The number of fused-ring (bicyclic) bond motifs is 1. The zero-order valence-electron chi connectivity index (χ0n) is 16.7. The number of urea groups is 1. The van der Waals surface area contributed by atoms with E-state index in [4.69, 9.17) is 4.74 Å². The van der Waals surface area contributed by atoms with Gasteiger partial charge in [-0.15, -0.1) is 0 Å². The molecule has 2 heterocycles. The Hall–Kier alpha value is -3.32. The van der Waals surface area contributed by atoms with Crippen LogP contribution in [0.2, 0.25) is 0 Å². The smallest absolute Gasteiger partial charge is 0.323 e. The maximum Gasteiger partial charge on any atom is 0.323 e. The van der Waals surface area contributed by atoms with Crippen LogP contribution in [-0.2, 0) is 0 Å². The highest BCUT2D eigenvalue weighted by Crippen LogP contribution is 2.32. The molecular formula is C22H25N5O2. The molecule has 0 atom stereocenters. The molecule has 0 unspecified atom stereocenters. The summed E-state index contributed by atoms with van der Waals surface area (Å²) in [5.74, 6) is 0.807. The Morgan fingerprint density at radius 1 is 1.07 bits per heavy atom. The van der Waals surface area contributed by atoms with Gasteiger partial charge in [0.25, 0.3) is 0 Å². The normalized spacial score (nSPS) is 14.6. The summed E-state index contributed by atoms with van der Waals surface area (Å²) in [5, 5.41) is 7.80. The van der Waals surface area contributed by atoms with Crippen LogP contribution in [0.5, 0.6) is 5.75 Å². The summed E-state index contributed by atoms with van der Waals surface area (Å²) in [6.07, 6.45) is 3.50. The van der Waals surface area contributed by atoms with Crippen LogP contribution in [0.3, 0.4) is 0 Å². The Bertz CT molecular complexity index is 1010. The van der Waals surface area contributed by atoms with Crippen LogP contribution in [-0.4, -0.2) is 56.3 Å². The summed E-state index contributed by atoms with van der Waals surface area (Å²) < 4.78 is 5.54. The fourth-order valence-electron chi connectivity index (χ4n) is 3.58. The van der Waals surface area contributed by atoms with E-state index in [1.54, 1.807) is 19.5 Å². The van der Waals surface area contributed by atoms with E-state index in [1.807, 2.05) is 42.5 Å². The number of methoxy groups -OCH3 is 1. The van der Waals surface area contributed by atoms with Gasteiger partial charge in [0.2, 0.25) is 0 Å². The van der Waals surface area contributed by atoms with Crippen LogP contribution in [0, 0.1) is 0 Å². The van der Waals surface area contributed by atoms with Gasteiger partial charge < -0.3 is 25.2 Å². The van der Waals surface area contributed by atoms with Crippen LogP contribution < -0.4 is 20.3 Å². The Balaban J connectivity index is 1.51. The third-order valence-electron chi connectivity index (χ3n) is 5.21. The molecule has 150 valence electrons. The molecule has 1 aliphatic rings. The Labute approximate surface area is 170 Å². The number of aromatic nitrogens is 1. The van der Waals surface area contributed by atoms with Gasteiger partial charge in [0.05, 0.1) is 18.5 Å². The Kier molecular flexibility index (Phi) is 5.48. The van der Waals surface area contributed by atoms with Crippen molar-refractivity contribution < 1.29 is 9.53 Å². The predicted molar refractivity (Wildman–Crippen MR) is 117 cm³/mol.